The van der Waals surface area contributed by atoms with Crippen molar-refractivity contribution in [2.45, 2.75) is 6.92 Å². The second-order valence-electron chi connectivity index (χ2n) is 4.81. The number of carbonyl (C=O) groups excluding carboxylic acids is 1. The highest BCUT2D eigenvalue weighted by molar-refractivity contribution is 7.22. The summed E-state index contributed by atoms with van der Waals surface area (Å²) in [5, 5.41) is 3.73. The van der Waals surface area contributed by atoms with E-state index in [-0.39, 0.29) is 12.4 Å². The lowest BCUT2D eigenvalue weighted by molar-refractivity contribution is -0.118. The molecule has 1 aromatic heterocycles. The predicted molar refractivity (Wildman–Crippen MR) is 89.9 cm³/mol. The summed E-state index contributed by atoms with van der Waals surface area (Å²) >= 11 is 7.40. The van der Waals surface area contributed by atoms with Gasteiger partial charge in [0.15, 0.2) is 23.3 Å². The number of hydrogen-bond donors (Lipinski definition) is 1. The number of hydrogen-bond acceptors (Lipinski definition) is 4. The lowest BCUT2D eigenvalue weighted by Crippen LogP contribution is -2.20. The molecule has 7 heteroatoms. The molecule has 2 aromatic carbocycles. The van der Waals surface area contributed by atoms with Crippen molar-refractivity contribution in [1.29, 1.82) is 0 Å². The van der Waals surface area contributed by atoms with Crippen LogP contribution in [0.15, 0.2) is 36.4 Å². The third-order valence-electron chi connectivity index (χ3n) is 3.19. The van der Waals surface area contributed by atoms with Crippen LogP contribution in [-0.4, -0.2) is 17.5 Å². The molecule has 0 saturated heterocycles. The van der Waals surface area contributed by atoms with E-state index in [9.17, 15) is 9.18 Å². The van der Waals surface area contributed by atoms with Crippen molar-refractivity contribution < 1.29 is 13.9 Å². The van der Waals surface area contributed by atoms with Gasteiger partial charge < -0.3 is 4.74 Å². The van der Waals surface area contributed by atoms with Crippen molar-refractivity contribution in [3.8, 4) is 5.75 Å². The Balaban J connectivity index is 1.68. The van der Waals surface area contributed by atoms with Crippen LogP contribution in [0.3, 0.4) is 0 Å². The molecule has 0 fully saturated rings. The third-order valence-corrected chi connectivity index (χ3v) is 4.54. The molecule has 1 N–H and O–H groups in total. The second kappa shape index (κ2) is 6.52. The fourth-order valence-corrected chi connectivity index (χ4v) is 3.11. The van der Waals surface area contributed by atoms with E-state index in [4.69, 9.17) is 16.3 Å². The van der Waals surface area contributed by atoms with Crippen LogP contribution >= 0.6 is 22.9 Å². The van der Waals surface area contributed by atoms with Gasteiger partial charge in [-0.1, -0.05) is 35.1 Å². The zero-order valence-corrected chi connectivity index (χ0v) is 13.7. The summed E-state index contributed by atoms with van der Waals surface area (Å²) in [6, 6.07) is 9.57. The fourth-order valence-electron chi connectivity index (χ4n) is 2.01. The summed E-state index contributed by atoms with van der Waals surface area (Å²) in [6.07, 6.45) is 0. The van der Waals surface area contributed by atoms with Crippen LogP contribution in [0.1, 0.15) is 5.56 Å². The molecule has 4 nitrogen and oxygen atoms in total. The predicted octanol–water partition coefficient (Wildman–Crippen LogP) is 4.41. The standard InChI is InChI=1S/C16H12ClFN2O2S/c1-9-10(17)6-7-13-15(9)20-16(23-13)19-14(21)8-22-12-5-3-2-4-11(12)18/h2-7H,8H2,1H3,(H,19,20,21). The molecule has 3 rings (SSSR count). The lowest BCUT2D eigenvalue weighted by atomic mass is 10.2. The van der Waals surface area contributed by atoms with Crippen molar-refractivity contribution in [3.05, 3.63) is 52.8 Å². The molecule has 1 heterocycles. The molecule has 23 heavy (non-hydrogen) atoms. The summed E-state index contributed by atoms with van der Waals surface area (Å²) < 4.78 is 19.5. The molecule has 1 amide bonds. The number of amides is 1. The van der Waals surface area contributed by atoms with Crippen LogP contribution < -0.4 is 10.1 Å². The van der Waals surface area contributed by atoms with Gasteiger partial charge in [-0.3, -0.25) is 10.1 Å². The van der Waals surface area contributed by atoms with E-state index in [1.165, 1.54) is 23.5 Å². The molecular weight excluding hydrogens is 339 g/mol. The minimum atomic E-state index is -0.509. The van der Waals surface area contributed by atoms with Gasteiger partial charge in [0, 0.05) is 5.02 Å². The third kappa shape index (κ3) is 3.43. The van der Waals surface area contributed by atoms with E-state index in [2.05, 4.69) is 10.3 Å². The van der Waals surface area contributed by atoms with E-state index in [1.54, 1.807) is 18.2 Å². The number of halogens is 2. The van der Waals surface area contributed by atoms with Crippen molar-refractivity contribution in [3.63, 3.8) is 0 Å². The molecule has 0 atom stereocenters. The first-order chi connectivity index (χ1) is 11.0. The van der Waals surface area contributed by atoms with Gasteiger partial charge in [0.2, 0.25) is 0 Å². The van der Waals surface area contributed by atoms with Crippen LogP contribution in [0.5, 0.6) is 5.75 Å². The zero-order chi connectivity index (χ0) is 16.4. The first-order valence-corrected chi connectivity index (χ1v) is 7.97. The summed E-state index contributed by atoms with van der Waals surface area (Å²) in [4.78, 5) is 16.3. The Bertz CT molecular complexity index is 882. The highest BCUT2D eigenvalue weighted by atomic mass is 35.5. The summed E-state index contributed by atoms with van der Waals surface area (Å²) in [5.41, 5.74) is 1.62. The zero-order valence-electron chi connectivity index (χ0n) is 12.1. The molecule has 0 unspecified atom stereocenters. The average Bonchev–Trinajstić information content (AvgIpc) is 2.93. The number of anilines is 1. The highest BCUT2D eigenvalue weighted by Gasteiger charge is 2.12. The Hall–Kier alpha value is -2.18. The number of aryl methyl sites for hydroxylation is 1. The van der Waals surface area contributed by atoms with Crippen LogP contribution in [0.25, 0.3) is 10.2 Å². The Kier molecular flexibility index (Phi) is 4.45. The van der Waals surface area contributed by atoms with E-state index < -0.39 is 11.7 Å². The molecule has 0 bridgehead atoms. The van der Waals surface area contributed by atoms with Gasteiger partial charge >= 0.3 is 0 Å². The Labute approximate surface area is 140 Å². The first kappa shape index (κ1) is 15.7. The second-order valence-corrected chi connectivity index (χ2v) is 6.24. The van der Waals surface area contributed by atoms with Gasteiger partial charge in [-0.05, 0) is 36.8 Å². The smallest absolute Gasteiger partial charge is 0.264 e. The van der Waals surface area contributed by atoms with Gasteiger partial charge in [-0.15, -0.1) is 0 Å². The van der Waals surface area contributed by atoms with E-state index in [0.717, 1.165) is 15.8 Å². The van der Waals surface area contributed by atoms with Gasteiger partial charge in [-0.2, -0.15) is 0 Å². The number of carbonyl (C=O) groups is 1. The number of benzene rings is 2. The van der Waals surface area contributed by atoms with E-state index in [0.29, 0.717) is 10.2 Å². The molecule has 118 valence electrons. The molecular formula is C16H12ClFN2O2S. The highest BCUT2D eigenvalue weighted by Crippen LogP contribution is 2.31. The molecule has 0 spiro atoms. The molecule has 0 aliphatic carbocycles. The number of para-hydroxylation sites is 1. The van der Waals surface area contributed by atoms with Crippen LogP contribution in [-0.2, 0) is 4.79 Å². The molecule has 0 aliphatic rings. The van der Waals surface area contributed by atoms with E-state index in [1.807, 2.05) is 13.0 Å². The lowest BCUT2D eigenvalue weighted by Gasteiger charge is -2.06. The number of aromatic nitrogens is 1. The fraction of sp³-hybridized carbons (Fsp3) is 0.125. The normalized spacial score (nSPS) is 10.7. The number of nitrogens with zero attached hydrogens (tertiary/aromatic N) is 1. The van der Waals surface area contributed by atoms with Crippen molar-refractivity contribution in [1.82, 2.24) is 4.98 Å². The maximum atomic E-state index is 13.4. The molecule has 0 aliphatic heterocycles. The minimum absolute atomic E-state index is 0.0366. The molecule has 0 saturated carbocycles. The van der Waals surface area contributed by atoms with Crippen molar-refractivity contribution in [2.75, 3.05) is 11.9 Å². The SMILES string of the molecule is Cc1c(Cl)ccc2sc(NC(=O)COc3ccccc3F)nc12. The number of fused-ring (bicyclic) bond motifs is 1. The van der Waals surface area contributed by atoms with Crippen LogP contribution in [0.2, 0.25) is 5.02 Å². The van der Waals surface area contributed by atoms with Gasteiger partial charge in [0.05, 0.1) is 10.2 Å². The van der Waals surface area contributed by atoms with Crippen molar-refractivity contribution in [2.24, 2.45) is 0 Å². The summed E-state index contributed by atoms with van der Waals surface area (Å²) in [6.45, 7) is 1.58. The van der Waals surface area contributed by atoms with E-state index >= 15 is 0 Å². The quantitative estimate of drug-likeness (QED) is 0.758. The average molecular weight is 351 g/mol. The summed E-state index contributed by atoms with van der Waals surface area (Å²) in [7, 11) is 0. The topological polar surface area (TPSA) is 51.2 Å². The van der Waals surface area contributed by atoms with Gasteiger partial charge in [0.1, 0.15) is 0 Å². The molecule has 3 aromatic rings. The molecule has 0 radical (unpaired) electrons. The van der Waals surface area contributed by atoms with Crippen LogP contribution in [0, 0.1) is 12.7 Å². The Morgan fingerprint density at radius 3 is 2.91 bits per heavy atom. The van der Waals surface area contributed by atoms with Crippen LogP contribution in [0.4, 0.5) is 9.52 Å². The maximum absolute atomic E-state index is 13.4. The number of ether oxygens (including phenoxy) is 1. The minimum Gasteiger partial charge on any atom is -0.481 e. The number of nitrogens with one attached hydrogen (secondary N) is 1. The maximum Gasteiger partial charge on any atom is 0.264 e. The Morgan fingerprint density at radius 1 is 1.35 bits per heavy atom. The van der Waals surface area contributed by atoms with Gasteiger partial charge in [0.25, 0.3) is 5.91 Å². The number of rotatable bonds is 4. The first-order valence-electron chi connectivity index (χ1n) is 6.77. The van der Waals surface area contributed by atoms with Gasteiger partial charge in [-0.25, -0.2) is 9.37 Å². The monoisotopic (exact) mass is 350 g/mol. The summed E-state index contributed by atoms with van der Waals surface area (Å²) in [5.74, 6) is -0.879. The Morgan fingerprint density at radius 2 is 2.13 bits per heavy atom. The largest absolute Gasteiger partial charge is 0.481 e. The van der Waals surface area contributed by atoms with Crippen molar-refractivity contribution >= 4 is 44.2 Å². The number of thiazole rings is 1.